The van der Waals surface area contributed by atoms with Crippen molar-refractivity contribution >= 4 is 27.6 Å². The Morgan fingerprint density at radius 1 is 1.44 bits per heavy atom. The molecule has 0 aliphatic carbocycles. The van der Waals surface area contributed by atoms with E-state index in [4.69, 9.17) is 10.8 Å². The van der Waals surface area contributed by atoms with Crippen LogP contribution >= 0.6 is 15.9 Å². The zero-order valence-electron chi connectivity index (χ0n) is 7.51. The van der Waals surface area contributed by atoms with Gasteiger partial charge in [0.25, 0.3) is 0 Å². The van der Waals surface area contributed by atoms with Crippen molar-refractivity contribution < 1.29 is 27.8 Å². The summed E-state index contributed by atoms with van der Waals surface area (Å²) < 4.78 is 39.6. The fourth-order valence-electron chi connectivity index (χ4n) is 0.945. The number of ether oxygens (including phenoxy) is 1. The van der Waals surface area contributed by atoms with Crippen molar-refractivity contribution in [1.29, 1.82) is 0 Å². The third-order valence-electron chi connectivity index (χ3n) is 1.55. The lowest BCUT2D eigenvalue weighted by Crippen LogP contribution is -2.19. The quantitative estimate of drug-likeness (QED) is 0.824. The van der Waals surface area contributed by atoms with Crippen molar-refractivity contribution in [3.05, 3.63) is 22.2 Å². The molecule has 4 nitrogen and oxygen atoms in total. The second-order valence-corrected chi connectivity index (χ2v) is 3.58. The highest BCUT2D eigenvalue weighted by atomic mass is 79.9. The Morgan fingerprint density at radius 3 is 2.44 bits per heavy atom. The molecule has 0 radical (unpaired) electrons. The van der Waals surface area contributed by atoms with Crippen LogP contribution in [0.2, 0.25) is 0 Å². The van der Waals surface area contributed by atoms with Gasteiger partial charge in [-0.2, -0.15) is 0 Å². The smallest absolute Gasteiger partial charge is 0.478 e. The molecule has 0 bridgehead atoms. The molecule has 0 spiro atoms. The minimum absolute atomic E-state index is 0.0516. The average Bonchev–Trinajstić information content (AvgIpc) is 2.07. The van der Waals surface area contributed by atoms with E-state index in [-0.39, 0.29) is 10.2 Å². The largest absolute Gasteiger partial charge is 0.573 e. The molecule has 88 valence electrons. The van der Waals surface area contributed by atoms with E-state index in [0.29, 0.717) is 0 Å². The van der Waals surface area contributed by atoms with Gasteiger partial charge in [0.2, 0.25) is 0 Å². The summed E-state index contributed by atoms with van der Waals surface area (Å²) in [4.78, 5) is 10.7. The summed E-state index contributed by atoms with van der Waals surface area (Å²) in [6.45, 7) is 0. The van der Waals surface area contributed by atoms with Gasteiger partial charge in [-0.15, -0.1) is 13.2 Å². The van der Waals surface area contributed by atoms with E-state index in [1.807, 2.05) is 0 Å². The molecule has 1 aromatic rings. The Hall–Kier alpha value is -1.44. The lowest BCUT2D eigenvalue weighted by Gasteiger charge is -2.12. The van der Waals surface area contributed by atoms with Crippen LogP contribution in [0.15, 0.2) is 16.6 Å². The zero-order valence-corrected chi connectivity index (χ0v) is 9.09. The highest BCUT2D eigenvalue weighted by Crippen LogP contribution is 2.32. The van der Waals surface area contributed by atoms with E-state index in [9.17, 15) is 18.0 Å². The van der Waals surface area contributed by atoms with Gasteiger partial charge in [-0.05, 0) is 22.0 Å². The number of carbonyl (C=O) groups is 1. The number of benzene rings is 1. The third-order valence-corrected chi connectivity index (χ3v) is 2.24. The standard InChI is InChI=1S/C8H5BrF3NO3/c9-4-1-3(7(14)15)6(2-5(4)13)16-8(10,11)12/h1-2H,13H2,(H,14,15). The number of nitrogens with two attached hydrogens (primary N) is 1. The Bertz CT molecular complexity index is 433. The number of hydrogen-bond acceptors (Lipinski definition) is 3. The normalized spacial score (nSPS) is 11.2. The van der Waals surface area contributed by atoms with Gasteiger partial charge in [-0.25, -0.2) is 4.79 Å². The maximum atomic E-state index is 11.9. The van der Waals surface area contributed by atoms with Crippen molar-refractivity contribution in [3.63, 3.8) is 0 Å². The van der Waals surface area contributed by atoms with Gasteiger partial charge in [-0.3, -0.25) is 0 Å². The van der Waals surface area contributed by atoms with Crippen LogP contribution in [0.3, 0.4) is 0 Å². The van der Waals surface area contributed by atoms with Crippen molar-refractivity contribution in [2.24, 2.45) is 0 Å². The van der Waals surface area contributed by atoms with Gasteiger partial charge >= 0.3 is 12.3 Å². The number of aromatic carboxylic acids is 1. The molecule has 8 heteroatoms. The first-order chi connectivity index (χ1) is 7.20. The van der Waals surface area contributed by atoms with Crippen LogP contribution in [0, 0.1) is 0 Å². The maximum absolute atomic E-state index is 11.9. The number of hydrogen-bond donors (Lipinski definition) is 2. The van der Waals surface area contributed by atoms with E-state index in [2.05, 4.69) is 20.7 Å². The van der Waals surface area contributed by atoms with Crippen LogP contribution in [0.4, 0.5) is 18.9 Å². The van der Waals surface area contributed by atoms with Crippen molar-refractivity contribution in [1.82, 2.24) is 0 Å². The lowest BCUT2D eigenvalue weighted by molar-refractivity contribution is -0.274. The van der Waals surface area contributed by atoms with Crippen LogP contribution in [-0.4, -0.2) is 17.4 Å². The second-order valence-electron chi connectivity index (χ2n) is 2.72. The summed E-state index contributed by atoms with van der Waals surface area (Å²) >= 11 is 2.90. The van der Waals surface area contributed by atoms with Gasteiger partial charge in [-0.1, -0.05) is 0 Å². The van der Waals surface area contributed by atoms with Crippen molar-refractivity contribution in [3.8, 4) is 5.75 Å². The Labute approximate surface area is 95.9 Å². The predicted molar refractivity (Wildman–Crippen MR) is 52.2 cm³/mol. The van der Waals surface area contributed by atoms with Gasteiger partial charge in [0, 0.05) is 16.2 Å². The Kier molecular flexibility index (Phi) is 3.32. The van der Waals surface area contributed by atoms with E-state index in [0.717, 1.165) is 12.1 Å². The highest BCUT2D eigenvalue weighted by Gasteiger charge is 2.33. The molecule has 0 atom stereocenters. The number of carboxylic acids is 1. The van der Waals surface area contributed by atoms with Crippen LogP contribution in [0.1, 0.15) is 10.4 Å². The fraction of sp³-hybridized carbons (Fsp3) is 0.125. The Morgan fingerprint density at radius 2 is 2.00 bits per heavy atom. The number of carboxylic acid groups (broad SMARTS) is 1. The molecule has 0 aliphatic heterocycles. The van der Waals surface area contributed by atoms with Crippen molar-refractivity contribution in [2.75, 3.05) is 5.73 Å². The molecule has 16 heavy (non-hydrogen) atoms. The summed E-state index contributed by atoms with van der Waals surface area (Å²) in [5.41, 5.74) is 4.64. The molecule has 1 aromatic carbocycles. The summed E-state index contributed by atoms with van der Waals surface area (Å²) in [6.07, 6.45) is -4.97. The maximum Gasteiger partial charge on any atom is 0.573 e. The molecule has 0 unspecified atom stereocenters. The number of nitrogen functional groups attached to an aromatic ring is 1. The van der Waals surface area contributed by atoms with Crippen LogP contribution < -0.4 is 10.5 Å². The van der Waals surface area contributed by atoms with Gasteiger partial charge < -0.3 is 15.6 Å². The van der Waals surface area contributed by atoms with E-state index >= 15 is 0 Å². The predicted octanol–water partition coefficient (Wildman–Crippen LogP) is 2.63. The first kappa shape index (κ1) is 12.6. The molecule has 0 fully saturated rings. The molecule has 3 N–H and O–H groups in total. The minimum atomic E-state index is -4.97. The SMILES string of the molecule is Nc1cc(OC(F)(F)F)c(C(=O)O)cc1Br. The van der Waals surface area contributed by atoms with Crippen molar-refractivity contribution in [2.45, 2.75) is 6.36 Å². The summed E-state index contributed by atoms with van der Waals surface area (Å²) in [5, 5.41) is 8.67. The van der Waals surface area contributed by atoms with Crippen LogP contribution in [0.25, 0.3) is 0 Å². The zero-order chi connectivity index (χ0) is 12.5. The molecule has 0 aromatic heterocycles. The number of anilines is 1. The Balaban J connectivity index is 3.25. The van der Waals surface area contributed by atoms with Crippen LogP contribution in [-0.2, 0) is 0 Å². The molecule has 0 heterocycles. The number of alkyl halides is 3. The highest BCUT2D eigenvalue weighted by molar-refractivity contribution is 9.10. The first-order valence-corrected chi connectivity index (χ1v) is 4.58. The molecule has 0 saturated carbocycles. The molecular weight excluding hydrogens is 295 g/mol. The van der Waals surface area contributed by atoms with Gasteiger partial charge in [0.05, 0.1) is 0 Å². The molecule has 0 saturated heterocycles. The second kappa shape index (κ2) is 4.20. The van der Waals surface area contributed by atoms with E-state index in [1.54, 1.807) is 0 Å². The number of halogens is 4. The van der Waals surface area contributed by atoms with Gasteiger partial charge in [0.15, 0.2) is 0 Å². The molecular formula is C8H5BrF3NO3. The summed E-state index contributed by atoms with van der Waals surface area (Å²) in [7, 11) is 0. The van der Waals surface area contributed by atoms with Gasteiger partial charge in [0.1, 0.15) is 11.3 Å². The monoisotopic (exact) mass is 299 g/mol. The average molecular weight is 300 g/mol. The third kappa shape index (κ3) is 3.02. The summed E-state index contributed by atoms with van der Waals surface area (Å²) in [5.74, 6) is -2.39. The topological polar surface area (TPSA) is 72.5 Å². The fourth-order valence-corrected chi connectivity index (χ4v) is 1.29. The minimum Gasteiger partial charge on any atom is -0.478 e. The molecule has 0 aliphatic rings. The van der Waals surface area contributed by atoms with Crippen LogP contribution in [0.5, 0.6) is 5.75 Å². The van der Waals surface area contributed by atoms with E-state index < -0.39 is 23.6 Å². The van der Waals surface area contributed by atoms with E-state index in [1.165, 1.54) is 0 Å². The first-order valence-electron chi connectivity index (χ1n) is 3.79. The molecule has 1 rings (SSSR count). The lowest BCUT2D eigenvalue weighted by atomic mass is 10.2. The number of rotatable bonds is 2. The summed E-state index contributed by atoms with van der Waals surface area (Å²) in [6, 6.07) is 1.74. The molecule has 0 amide bonds.